The Kier molecular flexibility index (Phi) is 8.77. The number of halogens is 3. The number of fused-ring (bicyclic) bond motifs is 1. The van der Waals surface area contributed by atoms with Crippen LogP contribution in [0.5, 0.6) is 0 Å². The minimum absolute atomic E-state index is 0. The van der Waals surface area contributed by atoms with Crippen molar-refractivity contribution in [1.29, 1.82) is 0 Å². The summed E-state index contributed by atoms with van der Waals surface area (Å²) in [5.41, 5.74) is 5.37. The van der Waals surface area contributed by atoms with Gasteiger partial charge < -0.3 is 10.6 Å². The highest BCUT2D eigenvalue weighted by molar-refractivity contribution is 5.94. The molecule has 1 unspecified atom stereocenters. The Hall–Kier alpha value is -2.74. The molecule has 1 aliphatic heterocycles. The molecule has 4 rings (SSSR count). The van der Waals surface area contributed by atoms with Gasteiger partial charge in [-0.25, -0.2) is 4.39 Å². The van der Waals surface area contributed by atoms with Crippen molar-refractivity contribution >= 4 is 52.7 Å². The topological polar surface area (TPSA) is 80.1 Å². The molecule has 1 aromatic heterocycles. The summed E-state index contributed by atoms with van der Waals surface area (Å²) in [6.45, 7) is 7.07. The smallest absolute Gasteiger partial charge is 0.270 e. The number of aryl methyl sites for hydroxylation is 2. The SMILES string of the molecule is Cc1cc(NC(C)c2cc([N+](=O)[O-])cc(C)c2F)c2cc(C3=CCNCC3)ccc2n1.Cl.Cl. The van der Waals surface area contributed by atoms with Crippen LogP contribution in [0.15, 0.2) is 42.5 Å². The van der Waals surface area contributed by atoms with Gasteiger partial charge in [0.2, 0.25) is 0 Å². The molecule has 0 saturated carbocycles. The Bertz CT molecular complexity index is 1220. The molecule has 6 nitrogen and oxygen atoms in total. The van der Waals surface area contributed by atoms with Gasteiger partial charge in [-0.1, -0.05) is 12.1 Å². The van der Waals surface area contributed by atoms with E-state index in [2.05, 4.69) is 33.8 Å². The van der Waals surface area contributed by atoms with Crippen molar-refractivity contribution in [1.82, 2.24) is 10.3 Å². The van der Waals surface area contributed by atoms with Crippen LogP contribution in [-0.2, 0) is 0 Å². The van der Waals surface area contributed by atoms with Gasteiger partial charge in [0.1, 0.15) is 5.82 Å². The molecule has 1 aliphatic rings. The van der Waals surface area contributed by atoms with Crippen LogP contribution in [0.1, 0.15) is 41.8 Å². The summed E-state index contributed by atoms with van der Waals surface area (Å²) in [5, 5.41) is 18.9. The molecule has 0 radical (unpaired) electrons. The Morgan fingerprint density at radius 2 is 1.94 bits per heavy atom. The molecule has 2 N–H and O–H groups in total. The van der Waals surface area contributed by atoms with Gasteiger partial charge in [0.15, 0.2) is 0 Å². The number of nitro groups is 1. The van der Waals surface area contributed by atoms with Crippen LogP contribution in [0, 0.1) is 29.8 Å². The summed E-state index contributed by atoms with van der Waals surface area (Å²) in [4.78, 5) is 15.4. The van der Waals surface area contributed by atoms with Gasteiger partial charge in [0.05, 0.1) is 16.5 Å². The quantitative estimate of drug-likeness (QED) is 0.323. The number of anilines is 1. The molecule has 2 aromatic carbocycles. The molecule has 2 heterocycles. The zero-order valence-corrected chi connectivity index (χ0v) is 20.3. The van der Waals surface area contributed by atoms with E-state index in [1.165, 1.54) is 17.7 Å². The third-order valence-corrected chi connectivity index (χ3v) is 5.69. The third kappa shape index (κ3) is 5.61. The van der Waals surface area contributed by atoms with Gasteiger partial charge in [0, 0.05) is 41.0 Å². The number of aromatic nitrogens is 1. The van der Waals surface area contributed by atoms with E-state index in [0.717, 1.165) is 47.4 Å². The predicted molar refractivity (Wildman–Crippen MR) is 136 cm³/mol. The molecular formula is C24H27Cl2FN4O2. The number of nitro benzene ring substituents is 1. The second kappa shape index (κ2) is 10.9. The molecule has 0 saturated heterocycles. The number of nitrogens with zero attached hydrogens (tertiary/aromatic N) is 2. The van der Waals surface area contributed by atoms with E-state index >= 15 is 0 Å². The Morgan fingerprint density at radius 1 is 1.18 bits per heavy atom. The zero-order chi connectivity index (χ0) is 22.1. The van der Waals surface area contributed by atoms with E-state index in [0.29, 0.717) is 0 Å². The lowest BCUT2D eigenvalue weighted by molar-refractivity contribution is -0.385. The first kappa shape index (κ1) is 26.5. The first-order chi connectivity index (χ1) is 14.8. The maximum atomic E-state index is 14.8. The molecule has 0 aliphatic carbocycles. The van der Waals surface area contributed by atoms with E-state index in [4.69, 9.17) is 0 Å². The van der Waals surface area contributed by atoms with Crippen molar-refractivity contribution < 1.29 is 9.31 Å². The standard InChI is InChI=1S/C24H25FN4O2.2ClH/c1-14-10-19(29(30)31)13-20(24(14)25)16(3)28-23-11-15(2)27-22-5-4-18(12-21(22)23)17-6-8-26-9-7-17;;/h4-6,10-13,16,26H,7-9H2,1-3H3,(H,27,28);2*1H. The Labute approximate surface area is 204 Å². The molecule has 0 spiro atoms. The fourth-order valence-electron chi connectivity index (χ4n) is 4.07. The molecule has 0 amide bonds. The molecule has 176 valence electrons. The Balaban J connectivity index is 0.00000193. The van der Waals surface area contributed by atoms with Crippen molar-refractivity contribution in [3.05, 3.63) is 80.8 Å². The number of hydrogen-bond acceptors (Lipinski definition) is 5. The summed E-state index contributed by atoms with van der Waals surface area (Å²) in [5.74, 6) is -0.429. The van der Waals surface area contributed by atoms with E-state index in [1.54, 1.807) is 6.92 Å². The van der Waals surface area contributed by atoms with E-state index < -0.39 is 16.8 Å². The van der Waals surface area contributed by atoms with Crippen LogP contribution in [0.3, 0.4) is 0 Å². The van der Waals surface area contributed by atoms with Gasteiger partial charge in [-0.3, -0.25) is 15.1 Å². The largest absolute Gasteiger partial charge is 0.378 e. The van der Waals surface area contributed by atoms with Crippen LogP contribution < -0.4 is 10.6 Å². The number of hydrogen-bond donors (Lipinski definition) is 2. The molecule has 33 heavy (non-hydrogen) atoms. The maximum absolute atomic E-state index is 14.8. The summed E-state index contributed by atoms with van der Waals surface area (Å²) in [6.07, 6.45) is 3.16. The van der Waals surface area contributed by atoms with Gasteiger partial charge in [-0.15, -0.1) is 24.8 Å². The molecule has 0 fully saturated rings. The maximum Gasteiger partial charge on any atom is 0.270 e. The molecule has 1 atom stereocenters. The molecule has 0 bridgehead atoms. The van der Waals surface area contributed by atoms with Crippen molar-refractivity contribution in [2.45, 2.75) is 33.2 Å². The summed E-state index contributed by atoms with van der Waals surface area (Å²) in [7, 11) is 0. The minimum Gasteiger partial charge on any atom is -0.378 e. The van der Waals surface area contributed by atoms with Crippen molar-refractivity contribution in [3.8, 4) is 0 Å². The fraction of sp³-hybridized carbons (Fsp3) is 0.292. The highest BCUT2D eigenvalue weighted by Gasteiger charge is 2.20. The van der Waals surface area contributed by atoms with E-state index in [1.807, 2.05) is 26.0 Å². The van der Waals surface area contributed by atoms with Crippen molar-refractivity contribution in [2.75, 3.05) is 18.4 Å². The Morgan fingerprint density at radius 3 is 2.61 bits per heavy atom. The lowest BCUT2D eigenvalue weighted by Crippen LogP contribution is -2.20. The van der Waals surface area contributed by atoms with E-state index in [-0.39, 0.29) is 41.6 Å². The fourth-order valence-corrected chi connectivity index (χ4v) is 4.07. The second-order valence-corrected chi connectivity index (χ2v) is 8.02. The third-order valence-electron chi connectivity index (χ3n) is 5.69. The molecule has 9 heteroatoms. The number of rotatable bonds is 5. The lowest BCUT2D eigenvalue weighted by Gasteiger charge is -2.20. The van der Waals surface area contributed by atoms with Crippen molar-refractivity contribution in [3.63, 3.8) is 0 Å². The predicted octanol–water partition coefficient (Wildman–Crippen LogP) is 6.29. The minimum atomic E-state index is -0.492. The summed E-state index contributed by atoms with van der Waals surface area (Å²) in [6, 6.07) is 10.2. The monoisotopic (exact) mass is 492 g/mol. The van der Waals surface area contributed by atoms with E-state index in [9.17, 15) is 14.5 Å². The highest BCUT2D eigenvalue weighted by atomic mass is 35.5. The number of nitrogens with one attached hydrogen (secondary N) is 2. The number of benzene rings is 2. The van der Waals surface area contributed by atoms with Gasteiger partial charge in [-0.05, 0) is 68.6 Å². The van der Waals surface area contributed by atoms with Crippen LogP contribution in [-0.4, -0.2) is 23.0 Å². The highest BCUT2D eigenvalue weighted by Crippen LogP contribution is 2.33. The van der Waals surface area contributed by atoms with Gasteiger partial charge >= 0.3 is 0 Å². The lowest BCUT2D eigenvalue weighted by atomic mass is 9.97. The second-order valence-electron chi connectivity index (χ2n) is 8.02. The normalized spacial score (nSPS) is 14.0. The van der Waals surface area contributed by atoms with Crippen LogP contribution in [0.4, 0.5) is 15.8 Å². The number of pyridine rings is 1. The van der Waals surface area contributed by atoms with Gasteiger partial charge in [-0.2, -0.15) is 0 Å². The molecule has 3 aromatic rings. The van der Waals surface area contributed by atoms with Crippen LogP contribution in [0.25, 0.3) is 16.5 Å². The summed E-state index contributed by atoms with van der Waals surface area (Å²) >= 11 is 0. The average Bonchev–Trinajstić information content (AvgIpc) is 2.75. The first-order valence-corrected chi connectivity index (χ1v) is 10.4. The van der Waals surface area contributed by atoms with Crippen LogP contribution >= 0.6 is 24.8 Å². The van der Waals surface area contributed by atoms with Crippen LogP contribution in [0.2, 0.25) is 0 Å². The number of non-ortho nitro benzene ring substituents is 1. The first-order valence-electron chi connectivity index (χ1n) is 10.4. The van der Waals surface area contributed by atoms with Crippen molar-refractivity contribution in [2.24, 2.45) is 0 Å². The average molecular weight is 493 g/mol. The van der Waals surface area contributed by atoms with Gasteiger partial charge in [0.25, 0.3) is 5.69 Å². The zero-order valence-electron chi connectivity index (χ0n) is 18.6. The summed E-state index contributed by atoms with van der Waals surface area (Å²) < 4.78 is 14.8. The molecular weight excluding hydrogens is 466 g/mol.